The second kappa shape index (κ2) is 9.17. The van der Waals surface area contributed by atoms with Crippen molar-refractivity contribution in [1.29, 1.82) is 0 Å². The number of aromatic nitrogens is 2. The van der Waals surface area contributed by atoms with E-state index < -0.39 is 29.6 Å². The summed E-state index contributed by atoms with van der Waals surface area (Å²) >= 11 is 0. The summed E-state index contributed by atoms with van der Waals surface area (Å²) < 4.78 is 7.18. The minimum atomic E-state index is -0.745. The van der Waals surface area contributed by atoms with Crippen LogP contribution in [0, 0.1) is 0 Å². The van der Waals surface area contributed by atoms with E-state index in [0.717, 1.165) is 4.57 Å². The number of fused-ring (bicyclic) bond motifs is 1. The molecule has 0 bridgehead atoms. The van der Waals surface area contributed by atoms with Crippen LogP contribution in [0.1, 0.15) is 5.76 Å². The summed E-state index contributed by atoms with van der Waals surface area (Å²) in [6.45, 7) is -0.673. The summed E-state index contributed by atoms with van der Waals surface area (Å²) in [5.74, 6) is -0.425. The van der Waals surface area contributed by atoms with E-state index in [1.54, 1.807) is 60.7 Å². The van der Waals surface area contributed by atoms with Crippen molar-refractivity contribution in [2.75, 3.05) is 5.32 Å². The molecular formula is C23H20N4O5. The molecule has 0 aliphatic carbocycles. The van der Waals surface area contributed by atoms with Crippen molar-refractivity contribution in [2.45, 2.75) is 19.6 Å². The van der Waals surface area contributed by atoms with Crippen LogP contribution in [-0.2, 0) is 29.2 Å². The Bertz CT molecular complexity index is 1370. The summed E-state index contributed by atoms with van der Waals surface area (Å²) in [6, 6.07) is 18.7. The molecule has 0 saturated heterocycles. The number of rotatable bonds is 7. The lowest BCUT2D eigenvalue weighted by atomic mass is 10.2. The third kappa shape index (κ3) is 4.51. The molecule has 0 atom stereocenters. The van der Waals surface area contributed by atoms with Gasteiger partial charge in [-0.2, -0.15) is 0 Å². The molecule has 2 aromatic heterocycles. The second-order valence-electron chi connectivity index (χ2n) is 7.05. The number of anilines is 1. The lowest BCUT2D eigenvalue weighted by Crippen LogP contribution is -2.44. The fourth-order valence-corrected chi connectivity index (χ4v) is 3.33. The summed E-state index contributed by atoms with van der Waals surface area (Å²) in [7, 11) is 0. The highest BCUT2D eigenvalue weighted by molar-refractivity contribution is 5.91. The lowest BCUT2D eigenvalue weighted by Gasteiger charge is -2.14. The van der Waals surface area contributed by atoms with E-state index in [0.29, 0.717) is 17.0 Å². The molecule has 32 heavy (non-hydrogen) atoms. The first-order valence-electron chi connectivity index (χ1n) is 9.89. The third-order valence-corrected chi connectivity index (χ3v) is 4.83. The van der Waals surface area contributed by atoms with E-state index >= 15 is 0 Å². The predicted octanol–water partition coefficient (Wildman–Crippen LogP) is 1.71. The van der Waals surface area contributed by atoms with Crippen LogP contribution >= 0.6 is 0 Å². The molecule has 4 aromatic rings. The normalized spacial score (nSPS) is 10.8. The standard InChI is InChI=1S/C23H20N4O5/c28-20(24-13-17-9-6-12-32-17)14-27-22(30)18-10-4-5-11-19(18)26(23(27)31)15-21(29)25-16-7-2-1-3-8-16/h1-12H,13-15H2,(H,24,28)(H,25,29). The first-order chi connectivity index (χ1) is 15.5. The molecule has 0 saturated carbocycles. The molecular weight excluding hydrogens is 412 g/mol. The highest BCUT2D eigenvalue weighted by atomic mass is 16.3. The van der Waals surface area contributed by atoms with Crippen LogP contribution in [0.25, 0.3) is 10.9 Å². The average molecular weight is 432 g/mol. The Hall–Kier alpha value is -4.40. The van der Waals surface area contributed by atoms with Crippen LogP contribution in [0.5, 0.6) is 0 Å². The van der Waals surface area contributed by atoms with Gasteiger partial charge in [-0.3, -0.25) is 23.5 Å². The van der Waals surface area contributed by atoms with Gasteiger partial charge in [0.25, 0.3) is 5.56 Å². The number of furan rings is 1. The maximum atomic E-state index is 13.1. The van der Waals surface area contributed by atoms with Gasteiger partial charge in [-0.05, 0) is 36.4 Å². The average Bonchev–Trinajstić information content (AvgIpc) is 3.32. The Morgan fingerprint density at radius 3 is 2.28 bits per heavy atom. The molecule has 2 amide bonds. The number of para-hydroxylation sites is 2. The Kier molecular flexibility index (Phi) is 5.98. The quantitative estimate of drug-likeness (QED) is 0.461. The van der Waals surface area contributed by atoms with Gasteiger partial charge in [-0.25, -0.2) is 4.79 Å². The number of nitrogens with one attached hydrogen (secondary N) is 2. The fourth-order valence-electron chi connectivity index (χ4n) is 3.33. The van der Waals surface area contributed by atoms with Crippen molar-refractivity contribution < 1.29 is 14.0 Å². The molecule has 0 unspecified atom stereocenters. The number of nitrogens with zero attached hydrogens (tertiary/aromatic N) is 2. The molecule has 9 heteroatoms. The van der Waals surface area contributed by atoms with Crippen molar-refractivity contribution in [2.24, 2.45) is 0 Å². The first-order valence-corrected chi connectivity index (χ1v) is 9.89. The van der Waals surface area contributed by atoms with Crippen molar-refractivity contribution >= 4 is 28.4 Å². The summed E-state index contributed by atoms with van der Waals surface area (Å²) in [5.41, 5.74) is -0.443. The highest BCUT2D eigenvalue weighted by Gasteiger charge is 2.17. The van der Waals surface area contributed by atoms with E-state index in [4.69, 9.17) is 4.42 Å². The van der Waals surface area contributed by atoms with Crippen molar-refractivity contribution in [1.82, 2.24) is 14.5 Å². The molecule has 2 N–H and O–H groups in total. The summed E-state index contributed by atoms with van der Waals surface area (Å²) in [4.78, 5) is 51.0. The zero-order valence-electron chi connectivity index (χ0n) is 17.0. The number of hydrogen-bond donors (Lipinski definition) is 2. The molecule has 0 aliphatic heterocycles. The predicted molar refractivity (Wildman–Crippen MR) is 118 cm³/mol. The Morgan fingerprint density at radius 1 is 0.812 bits per heavy atom. The smallest absolute Gasteiger partial charge is 0.332 e. The van der Waals surface area contributed by atoms with E-state index in [2.05, 4.69) is 10.6 Å². The van der Waals surface area contributed by atoms with Crippen LogP contribution in [0.2, 0.25) is 0 Å². The zero-order valence-corrected chi connectivity index (χ0v) is 17.0. The highest BCUT2D eigenvalue weighted by Crippen LogP contribution is 2.09. The third-order valence-electron chi connectivity index (χ3n) is 4.83. The van der Waals surface area contributed by atoms with E-state index in [-0.39, 0.29) is 18.5 Å². The van der Waals surface area contributed by atoms with Crippen molar-refractivity contribution in [3.05, 3.63) is 99.6 Å². The van der Waals surface area contributed by atoms with E-state index in [9.17, 15) is 19.2 Å². The maximum absolute atomic E-state index is 13.1. The topological polar surface area (TPSA) is 115 Å². The molecule has 162 valence electrons. The minimum absolute atomic E-state index is 0.127. The van der Waals surface area contributed by atoms with Gasteiger partial charge in [0, 0.05) is 5.69 Å². The molecule has 0 spiro atoms. The van der Waals surface area contributed by atoms with Crippen LogP contribution in [0.4, 0.5) is 5.69 Å². The second-order valence-corrected chi connectivity index (χ2v) is 7.05. The molecule has 0 aliphatic rings. The van der Waals surface area contributed by atoms with Crippen LogP contribution in [0.3, 0.4) is 0 Å². The van der Waals surface area contributed by atoms with E-state index in [1.165, 1.54) is 10.8 Å². The Labute approximate surface area is 181 Å². The van der Waals surface area contributed by atoms with Gasteiger partial charge in [0.15, 0.2) is 0 Å². The number of carbonyl (C=O) groups excluding carboxylic acids is 2. The number of benzene rings is 2. The van der Waals surface area contributed by atoms with Gasteiger partial charge in [0.1, 0.15) is 18.8 Å². The maximum Gasteiger partial charge on any atom is 0.332 e. The van der Waals surface area contributed by atoms with E-state index in [1.807, 2.05) is 6.07 Å². The van der Waals surface area contributed by atoms with Crippen LogP contribution in [-0.4, -0.2) is 20.9 Å². The Morgan fingerprint density at radius 2 is 1.53 bits per heavy atom. The Balaban J connectivity index is 1.63. The lowest BCUT2D eigenvalue weighted by molar-refractivity contribution is -0.122. The van der Waals surface area contributed by atoms with Crippen LogP contribution < -0.4 is 21.9 Å². The number of hydrogen-bond acceptors (Lipinski definition) is 5. The summed E-state index contributed by atoms with van der Waals surface area (Å²) in [6.07, 6.45) is 1.48. The van der Waals surface area contributed by atoms with Gasteiger partial charge in [0.05, 0.1) is 23.7 Å². The van der Waals surface area contributed by atoms with Gasteiger partial charge in [-0.1, -0.05) is 30.3 Å². The van der Waals surface area contributed by atoms with Gasteiger partial charge >= 0.3 is 5.69 Å². The molecule has 4 rings (SSSR count). The molecule has 0 radical (unpaired) electrons. The molecule has 2 aromatic carbocycles. The molecule has 0 fully saturated rings. The fraction of sp³-hybridized carbons (Fsp3) is 0.130. The van der Waals surface area contributed by atoms with Gasteiger partial charge < -0.3 is 15.1 Å². The number of carbonyl (C=O) groups is 2. The van der Waals surface area contributed by atoms with Gasteiger partial charge in [-0.15, -0.1) is 0 Å². The molecule has 9 nitrogen and oxygen atoms in total. The zero-order chi connectivity index (χ0) is 22.5. The van der Waals surface area contributed by atoms with Gasteiger partial charge in [0.2, 0.25) is 11.8 Å². The monoisotopic (exact) mass is 432 g/mol. The SMILES string of the molecule is O=C(Cn1c(=O)c2ccccc2n(CC(=O)Nc2ccccc2)c1=O)NCc1ccco1. The minimum Gasteiger partial charge on any atom is -0.467 e. The molecule has 2 heterocycles. The van der Waals surface area contributed by atoms with Crippen molar-refractivity contribution in [3.63, 3.8) is 0 Å². The largest absolute Gasteiger partial charge is 0.467 e. The number of amides is 2. The summed E-state index contributed by atoms with van der Waals surface area (Å²) in [5, 5.41) is 5.56. The van der Waals surface area contributed by atoms with Crippen LogP contribution in [0.15, 0.2) is 87.0 Å². The first kappa shape index (κ1) is 20.9. The van der Waals surface area contributed by atoms with Crippen molar-refractivity contribution in [3.8, 4) is 0 Å².